The van der Waals surface area contributed by atoms with Crippen molar-refractivity contribution in [2.75, 3.05) is 6.54 Å². The van der Waals surface area contributed by atoms with Gasteiger partial charge in [0, 0.05) is 6.54 Å². The molecule has 1 amide bonds. The monoisotopic (exact) mass is 373 g/mol. The molecule has 3 nitrogen and oxygen atoms in total. The first kappa shape index (κ1) is 25.1. The van der Waals surface area contributed by atoms with Crippen LogP contribution in [0.3, 0.4) is 0 Å². The van der Waals surface area contributed by atoms with Crippen LogP contribution in [-0.4, -0.2) is 23.2 Å². The van der Waals surface area contributed by atoms with Gasteiger partial charge in [0.2, 0.25) is 5.91 Å². The van der Waals surface area contributed by atoms with Gasteiger partial charge in [-0.1, -0.05) is 94.7 Å². The van der Waals surface area contributed by atoms with Crippen LogP contribution in [0, 0.1) is 0 Å². The van der Waals surface area contributed by atoms with Gasteiger partial charge in [0.1, 0.15) is 0 Å². The van der Waals surface area contributed by atoms with Crippen LogP contribution in [0.2, 0.25) is 0 Å². The van der Waals surface area contributed by atoms with Gasteiger partial charge >= 0.3 is 0 Å². The fourth-order valence-electron chi connectivity index (χ4n) is 2.36. The first-order chi connectivity index (χ1) is 13.1. The van der Waals surface area contributed by atoms with Crippen LogP contribution >= 0.6 is 0 Å². The zero-order valence-corrected chi connectivity index (χ0v) is 17.5. The van der Waals surface area contributed by atoms with Crippen LogP contribution in [0.5, 0.6) is 0 Å². The van der Waals surface area contributed by atoms with Crippen LogP contribution in [0.25, 0.3) is 0 Å². The minimum atomic E-state index is -0.783. The Bertz CT molecular complexity index is 514. The fourth-order valence-corrected chi connectivity index (χ4v) is 2.36. The zero-order valence-electron chi connectivity index (χ0n) is 17.5. The molecule has 1 atom stereocenters. The Balaban J connectivity index is 3.93. The van der Waals surface area contributed by atoms with Gasteiger partial charge in [0.15, 0.2) is 0 Å². The molecule has 0 aliphatic carbocycles. The topological polar surface area (TPSA) is 49.3 Å². The number of unbranched alkanes of at least 4 members (excludes halogenated alkanes) is 3. The lowest BCUT2D eigenvalue weighted by Crippen LogP contribution is -2.42. The van der Waals surface area contributed by atoms with Crippen molar-refractivity contribution >= 4 is 5.91 Å². The van der Waals surface area contributed by atoms with Gasteiger partial charge in [-0.2, -0.15) is 0 Å². The molecule has 0 saturated carbocycles. The maximum atomic E-state index is 11.8. The van der Waals surface area contributed by atoms with Crippen molar-refractivity contribution in [3.63, 3.8) is 0 Å². The summed E-state index contributed by atoms with van der Waals surface area (Å²) >= 11 is 0. The van der Waals surface area contributed by atoms with E-state index in [1.165, 1.54) is 6.42 Å². The van der Waals surface area contributed by atoms with Gasteiger partial charge in [-0.25, -0.2) is 0 Å². The Morgan fingerprint density at radius 2 is 1.44 bits per heavy atom. The molecule has 0 saturated heterocycles. The molecule has 0 aromatic carbocycles. The SMILES string of the molecule is CCCC=CC=CC=CC=CCCC=CC(=O)NCC(O)(CC)CCCC. The van der Waals surface area contributed by atoms with E-state index in [0.29, 0.717) is 13.0 Å². The van der Waals surface area contributed by atoms with Crippen molar-refractivity contribution < 1.29 is 9.90 Å². The Kier molecular flexibility index (Phi) is 16.3. The molecule has 1 unspecified atom stereocenters. The fraction of sp³-hybridized carbons (Fsp3) is 0.542. The molecule has 0 fully saturated rings. The first-order valence-corrected chi connectivity index (χ1v) is 10.4. The molecule has 0 rings (SSSR count). The summed E-state index contributed by atoms with van der Waals surface area (Å²) in [6, 6.07) is 0. The number of hydrogen-bond donors (Lipinski definition) is 2. The van der Waals surface area contributed by atoms with Gasteiger partial charge in [0.05, 0.1) is 5.60 Å². The molecule has 0 heterocycles. The summed E-state index contributed by atoms with van der Waals surface area (Å²) < 4.78 is 0. The molecule has 0 radical (unpaired) electrons. The maximum Gasteiger partial charge on any atom is 0.243 e. The van der Waals surface area contributed by atoms with Crippen LogP contribution < -0.4 is 5.32 Å². The van der Waals surface area contributed by atoms with Gasteiger partial charge in [-0.05, 0) is 38.2 Å². The van der Waals surface area contributed by atoms with Gasteiger partial charge in [0.25, 0.3) is 0 Å². The number of amides is 1. The number of rotatable bonds is 15. The van der Waals surface area contributed by atoms with Gasteiger partial charge in [-0.15, -0.1) is 0 Å². The molecular formula is C24H39NO2. The van der Waals surface area contributed by atoms with E-state index >= 15 is 0 Å². The van der Waals surface area contributed by atoms with Crippen molar-refractivity contribution in [1.29, 1.82) is 0 Å². The van der Waals surface area contributed by atoms with Crippen molar-refractivity contribution in [1.82, 2.24) is 5.32 Å². The van der Waals surface area contributed by atoms with E-state index in [1.54, 1.807) is 6.08 Å². The molecule has 0 aromatic rings. The van der Waals surface area contributed by atoms with Crippen molar-refractivity contribution in [3.8, 4) is 0 Å². The van der Waals surface area contributed by atoms with E-state index in [9.17, 15) is 9.90 Å². The first-order valence-electron chi connectivity index (χ1n) is 10.4. The highest BCUT2D eigenvalue weighted by molar-refractivity contribution is 5.87. The Hall–Kier alpha value is -1.87. The second-order valence-electron chi connectivity index (χ2n) is 6.79. The summed E-state index contributed by atoms with van der Waals surface area (Å²) in [6.07, 6.45) is 27.2. The maximum absolute atomic E-state index is 11.8. The molecule has 2 N–H and O–H groups in total. The molecule has 0 aliphatic heterocycles. The number of aliphatic hydroxyl groups is 1. The summed E-state index contributed by atoms with van der Waals surface area (Å²) in [4.78, 5) is 11.8. The average Bonchev–Trinajstić information content (AvgIpc) is 2.68. The highest BCUT2D eigenvalue weighted by Gasteiger charge is 2.23. The molecule has 0 bridgehead atoms. The van der Waals surface area contributed by atoms with E-state index in [1.807, 2.05) is 43.4 Å². The van der Waals surface area contributed by atoms with Crippen LogP contribution in [0.4, 0.5) is 0 Å². The van der Waals surface area contributed by atoms with Crippen LogP contribution in [-0.2, 0) is 4.79 Å². The lowest BCUT2D eigenvalue weighted by atomic mass is 9.94. The zero-order chi connectivity index (χ0) is 20.2. The third kappa shape index (κ3) is 16.1. The average molecular weight is 374 g/mol. The van der Waals surface area contributed by atoms with Gasteiger partial charge < -0.3 is 10.4 Å². The molecule has 0 spiro atoms. The number of nitrogens with one attached hydrogen (secondary N) is 1. The lowest BCUT2D eigenvalue weighted by molar-refractivity contribution is -0.117. The van der Waals surface area contributed by atoms with Crippen LogP contribution in [0.15, 0.2) is 60.8 Å². The van der Waals surface area contributed by atoms with E-state index in [-0.39, 0.29) is 5.91 Å². The Morgan fingerprint density at radius 3 is 2.04 bits per heavy atom. The van der Waals surface area contributed by atoms with Crippen molar-refractivity contribution in [2.24, 2.45) is 0 Å². The Morgan fingerprint density at radius 1 is 0.852 bits per heavy atom. The minimum Gasteiger partial charge on any atom is -0.388 e. The number of allylic oxidation sites excluding steroid dienone is 9. The predicted octanol–water partition coefficient (Wildman–Crippen LogP) is 5.80. The van der Waals surface area contributed by atoms with Crippen LogP contribution in [0.1, 0.15) is 72.1 Å². The largest absolute Gasteiger partial charge is 0.388 e. The second kappa shape index (κ2) is 17.5. The normalized spacial score (nSPS) is 15.0. The summed E-state index contributed by atoms with van der Waals surface area (Å²) in [5.41, 5.74) is -0.783. The summed E-state index contributed by atoms with van der Waals surface area (Å²) in [5, 5.41) is 13.2. The molecule has 0 aromatic heterocycles. The van der Waals surface area contributed by atoms with Crippen molar-refractivity contribution in [2.45, 2.75) is 77.7 Å². The van der Waals surface area contributed by atoms with E-state index in [2.05, 4.69) is 37.4 Å². The lowest BCUT2D eigenvalue weighted by Gasteiger charge is -2.26. The standard InChI is InChI=1S/C24H39NO2/c1-4-7-9-10-11-12-13-14-15-16-17-18-19-20-23(26)25-22-24(27,6-3)21-8-5-2/h9-16,19-20,27H,4-8,17-18,21-22H2,1-3H3,(H,25,26). The van der Waals surface area contributed by atoms with Crippen molar-refractivity contribution in [3.05, 3.63) is 60.8 Å². The Labute approximate surface area is 166 Å². The number of hydrogen-bond acceptors (Lipinski definition) is 2. The summed E-state index contributed by atoms with van der Waals surface area (Å²) in [5.74, 6) is -0.136. The quantitative estimate of drug-likeness (QED) is 0.217. The summed E-state index contributed by atoms with van der Waals surface area (Å²) in [6.45, 7) is 6.54. The summed E-state index contributed by atoms with van der Waals surface area (Å²) in [7, 11) is 0. The number of carbonyl (C=O) groups is 1. The minimum absolute atomic E-state index is 0.136. The molecule has 0 aliphatic rings. The highest BCUT2D eigenvalue weighted by atomic mass is 16.3. The molecule has 27 heavy (non-hydrogen) atoms. The van der Waals surface area contributed by atoms with E-state index in [0.717, 1.165) is 38.5 Å². The van der Waals surface area contributed by atoms with E-state index in [4.69, 9.17) is 0 Å². The number of carbonyl (C=O) groups excluding carboxylic acids is 1. The smallest absolute Gasteiger partial charge is 0.243 e. The second-order valence-corrected chi connectivity index (χ2v) is 6.79. The molecule has 3 heteroatoms. The third-order valence-corrected chi connectivity index (χ3v) is 4.30. The van der Waals surface area contributed by atoms with E-state index < -0.39 is 5.60 Å². The third-order valence-electron chi connectivity index (χ3n) is 4.30. The molecule has 152 valence electrons. The predicted molar refractivity (Wildman–Crippen MR) is 118 cm³/mol. The van der Waals surface area contributed by atoms with Gasteiger partial charge in [-0.3, -0.25) is 4.79 Å². The molecular weight excluding hydrogens is 334 g/mol. The highest BCUT2D eigenvalue weighted by Crippen LogP contribution is 2.17.